The second-order valence-corrected chi connectivity index (χ2v) is 6.60. The molecule has 0 amide bonds. The Morgan fingerprint density at radius 3 is 2.70 bits per heavy atom. The molecule has 0 radical (unpaired) electrons. The van der Waals surface area contributed by atoms with E-state index < -0.39 is 0 Å². The minimum Gasteiger partial charge on any atom is -0.352 e. The highest BCUT2D eigenvalue weighted by molar-refractivity contribution is 6.29. The topological polar surface area (TPSA) is 32.3 Å². The molecule has 1 unspecified atom stereocenters. The third-order valence-electron chi connectivity index (χ3n) is 4.26. The molecule has 23 heavy (non-hydrogen) atoms. The number of rotatable bonds is 3. The second kappa shape index (κ2) is 7.28. The molecular formula is C18H23ClN4. The summed E-state index contributed by atoms with van der Waals surface area (Å²) in [7, 11) is 0. The molecule has 1 atom stereocenters. The van der Waals surface area contributed by atoms with Gasteiger partial charge >= 0.3 is 0 Å². The summed E-state index contributed by atoms with van der Waals surface area (Å²) in [6, 6.07) is 12.9. The van der Waals surface area contributed by atoms with Crippen LogP contribution in [0.25, 0.3) is 0 Å². The van der Waals surface area contributed by atoms with Crippen LogP contribution in [0.5, 0.6) is 0 Å². The van der Waals surface area contributed by atoms with Crippen molar-refractivity contribution in [2.75, 3.05) is 24.5 Å². The van der Waals surface area contributed by atoms with Crippen LogP contribution in [0.1, 0.15) is 24.7 Å². The average Bonchev–Trinajstić information content (AvgIpc) is 2.68. The van der Waals surface area contributed by atoms with Gasteiger partial charge < -0.3 is 4.90 Å². The SMILES string of the molecule is Cc1nc(Cl)cc(N2CCCN(Cc3ccccc3)CC2C)n1. The monoisotopic (exact) mass is 330 g/mol. The van der Waals surface area contributed by atoms with Crippen LogP contribution in [-0.4, -0.2) is 40.5 Å². The Morgan fingerprint density at radius 1 is 1.17 bits per heavy atom. The first kappa shape index (κ1) is 16.2. The normalized spacial score (nSPS) is 19.6. The van der Waals surface area contributed by atoms with E-state index in [9.17, 15) is 0 Å². The first-order chi connectivity index (χ1) is 11.1. The van der Waals surface area contributed by atoms with Gasteiger partial charge in [0.15, 0.2) is 0 Å². The predicted molar refractivity (Wildman–Crippen MR) is 94.9 cm³/mol. The van der Waals surface area contributed by atoms with E-state index in [0.29, 0.717) is 11.2 Å². The van der Waals surface area contributed by atoms with Crippen molar-refractivity contribution in [3.8, 4) is 0 Å². The number of aromatic nitrogens is 2. The number of benzene rings is 1. The molecule has 1 aromatic heterocycles. The summed E-state index contributed by atoms with van der Waals surface area (Å²) in [6.07, 6.45) is 1.12. The summed E-state index contributed by atoms with van der Waals surface area (Å²) in [6.45, 7) is 8.28. The van der Waals surface area contributed by atoms with E-state index in [4.69, 9.17) is 11.6 Å². The van der Waals surface area contributed by atoms with Crippen LogP contribution in [0.4, 0.5) is 5.82 Å². The molecule has 1 aliphatic rings. The number of anilines is 1. The van der Waals surface area contributed by atoms with Crippen molar-refractivity contribution in [3.63, 3.8) is 0 Å². The van der Waals surface area contributed by atoms with Gasteiger partial charge in [0.1, 0.15) is 16.8 Å². The van der Waals surface area contributed by atoms with Gasteiger partial charge in [0, 0.05) is 38.3 Å². The fourth-order valence-corrected chi connectivity index (χ4v) is 3.46. The molecule has 1 aromatic carbocycles. The molecule has 3 rings (SSSR count). The van der Waals surface area contributed by atoms with Gasteiger partial charge in [0.05, 0.1) is 0 Å². The first-order valence-corrected chi connectivity index (χ1v) is 8.54. The zero-order chi connectivity index (χ0) is 16.2. The minimum atomic E-state index is 0.395. The Kier molecular flexibility index (Phi) is 5.13. The van der Waals surface area contributed by atoms with Crippen LogP contribution in [0, 0.1) is 6.92 Å². The van der Waals surface area contributed by atoms with Crippen molar-refractivity contribution in [1.29, 1.82) is 0 Å². The van der Waals surface area contributed by atoms with Gasteiger partial charge in [0.25, 0.3) is 0 Å². The van der Waals surface area contributed by atoms with Crippen molar-refractivity contribution < 1.29 is 0 Å². The van der Waals surface area contributed by atoms with E-state index in [0.717, 1.165) is 44.2 Å². The molecule has 2 heterocycles. The summed E-state index contributed by atoms with van der Waals surface area (Å²) >= 11 is 6.11. The molecule has 2 aromatic rings. The van der Waals surface area contributed by atoms with Gasteiger partial charge in [-0.25, -0.2) is 9.97 Å². The third kappa shape index (κ3) is 4.21. The average molecular weight is 331 g/mol. The standard InChI is InChI=1S/C18H23ClN4/c1-14-12-22(13-16-7-4-3-5-8-16)9-6-10-23(14)18-11-17(19)20-15(2)21-18/h3-5,7-8,11,14H,6,9-10,12-13H2,1-2H3. The van der Waals surface area contributed by atoms with Crippen LogP contribution in [0.3, 0.4) is 0 Å². The summed E-state index contributed by atoms with van der Waals surface area (Å²) in [5.41, 5.74) is 1.37. The number of hydrogen-bond donors (Lipinski definition) is 0. The van der Waals surface area contributed by atoms with Gasteiger partial charge in [-0.1, -0.05) is 41.9 Å². The first-order valence-electron chi connectivity index (χ1n) is 8.16. The van der Waals surface area contributed by atoms with Crippen LogP contribution in [0.2, 0.25) is 5.15 Å². The van der Waals surface area contributed by atoms with Crippen LogP contribution in [-0.2, 0) is 6.54 Å². The van der Waals surface area contributed by atoms with Crippen molar-refractivity contribution >= 4 is 17.4 Å². The molecule has 122 valence electrons. The Bertz CT molecular complexity index is 626. The summed E-state index contributed by atoms with van der Waals surface area (Å²) in [5, 5.41) is 0.519. The maximum Gasteiger partial charge on any atom is 0.134 e. The van der Waals surface area contributed by atoms with E-state index in [1.807, 2.05) is 13.0 Å². The molecule has 0 spiro atoms. The Morgan fingerprint density at radius 2 is 1.96 bits per heavy atom. The molecule has 4 nitrogen and oxygen atoms in total. The van der Waals surface area contributed by atoms with Crippen molar-refractivity contribution in [1.82, 2.24) is 14.9 Å². The predicted octanol–water partition coefficient (Wildman–Crippen LogP) is 3.54. The number of aryl methyl sites for hydroxylation is 1. The molecule has 0 N–H and O–H groups in total. The highest BCUT2D eigenvalue weighted by Gasteiger charge is 2.23. The van der Waals surface area contributed by atoms with Gasteiger partial charge in [-0.15, -0.1) is 0 Å². The summed E-state index contributed by atoms with van der Waals surface area (Å²) in [5.74, 6) is 1.67. The maximum absolute atomic E-state index is 6.11. The smallest absolute Gasteiger partial charge is 0.134 e. The molecule has 1 saturated heterocycles. The largest absolute Gasteiger partial charge is 0.352 e. The van der Waals surface area contributed by atoms with E-state index in [1.165, 1.54) is 5.56 Å². The molecular weight excluding hydrogens is 308 g/mol. The van der Waals surface area contributed by atoms with Crippen molar-refractivity contribution in [3.05, 3.63) is 52.9 Å². The van der Waals surface area contributed by atoms with E-state index in [2.05, 4.69) is 57.0 Å². The van der Waals surface area contributed by atoms with Crippen molar-refractivity contribution in [2.24, 2.45) is 0 Å². The fraction of sp³-hybridized carbons (Fsp3) is 0.444. The van der Waals surface area contributed by atoms with Crippen LogP contribution in [0.15, 0.2) is 36.4 Å². The van der Waals surface area contributed by atoms with Crippen LogP contribution >= 0.6 is 11.6 Å². The van der Waals surface area contributed by atoms with E-state index in [1.54, 1.807) is 0 Å². The number of hydrogen-bond acceptors (Lipinski definition) is 4. The molecule has 5 heteroatoms. The zero-order valence-electron chi connectivity index (χ0n) is 13.7. The van der Waals surface area contributed by atoms with Gasteiger partial charge in [-0.2, -0.15) is 0 Å². The van der Waals surface area contributed by atoms with Gasteiger partial charge in [0.2, 0.25) is 0 Å². The lowest BCUT2D eigenvalue weighted by Gasteiger charge is -2.30. The number of halogens is 1. The molecule has 0 aliphatic carbocycles. The maximum atomic E-state index is 6.11. The molecule has 0 saturated carbocycles. The lowest BCUT2D eigenvalue weighted by molar-refractivity contribution is 0.268. The Labute approximate surface area is 143 Å². The zero-order valence-corrected chi connectivity index (χ0v) is 14.5. The fourth-order valence-electron chi connectivity index (χ4n) is 3.24. The lowest BCUT2D eigenvalue weighted by Crippen LogP contribution is -2.39. The second-order valence-electron chi connectivity index (χ2n) is 6.21. The minimum absolute atomic E-state index is 0.395. The summed E-state index contributed by atoms with van der Waals surface area (Å²) < 4.78 is 0. The Balaban J connectivity index is 1.72. The summed E-state index contributed by atoms with van der Waals surface area (Å²) in [4.78, 5) is 13.6. The third-order valence-corrected chi connectivity index (χ3v) is 4.46. The highest BCUT2D eigenvalue weighted by Crippen LogP contribution is 2.22. The van der Waals surface area contributed by atoms with Gasteiger partial charge in [-0.3, -0.25) is 4.90 Å². The quantitative estimate of drug-likeness (QED) is 0.806. The van der Waals surface area contributed by atoms with E-state index >= 15 is 0 Å². The lowest BCUT2D eigenvalue weighted by atomic mass is 10.2. The van der Waals surface area contributed by atoms with Crippen LogP contribution < -0.4 is 4.90 Å². The molecule has 1 aliphatic heterocycles. The van der Waals surface area contributed by atoms with E-state index in [-0.39, 0.29) is 0 Å². The highest BCUT2D eigenvalue weighted by atomic mass is 35.5. The van der Waals surface area contributed by atoms with Gasteiger partial charge in [-0.05, 0) is 25.8 Å². The Hall–Kier alpha value is -1.65. The van der Waals surface area contributed by atoms with Crippen molar-refractivity contribution in [2.45, 2.75) is 32.9 Å². The number of nitrogens with zero attached hydrogens (tertiary/aromatic N) is 4. The molecule has 1 fully saturated rings. The molecule has 0 bridgehead atoms.